The van der Waals surface area contributed by atoms with Gasteiger partial charge >= 0.3 is 0 Å². The fourth-order valence-electron chi connectivity index (χ4n) is 3.22. The van der Waals surface area contributed by atoms with E-state index in [-0.39, 0.29) is 12.2 Å². The lowest BCUT2D eigenvalue weighted by molar-refractivity contribution is -0.00545. The summed E-state index contributed by atoms with van der Waals surface area (Å²) in [6, 6.07) is 11.4. The van der Waals surface area contributed by atoms with Crippen LogP contribution in [0, 0.1) is 0 Å². The Labute approximate surface area is 173 Å². The van der Waals surface area contributed by atoms with Crippen LogP contribution in [0.15, 0.2) is 42.6 Å². The number of aromatic nitrogens is 1. The summed E-state index contributed by atoms with van der Waals surface area (Å²) in [5, 5.41) is 2.88. The maximum absolute atomic E-state index is 11.9. The van der Waals surface area contributed by atoms with Crippen molar-refractivity contribution in [3.8, 4) is 0 Å². The Morgan fingerprint density at radius 1 is 1.07 bits per heavy atom. The van der Waals surface area contributed by atoms with Crippen molar-refractivity contribution in [3.05, 3.63) is 48.2 Å². The van der Waals surface area contributed by atoms with Gasteiger partial charge in [0.15, 0.2) is 0 Å². The van der Waals surface area contributed by atoms with E-state index in [1.807, 2.05) is 30.5 Å². The second kappa shape index (κ2) is 9.00. The van der Waals surface area contributed by atoms with Gasteiger partial charge in [0.25, 0.3) is 0 Å². The summed E-state index contributed by atoms with van der Waals surface area (Å²) in [6.07, 6.45) is 2.24. The van der Waals surface area contributed by atoms with E-state index in [9.17, 15) is 8.42 Å². The lowest BCUT2D eigenvalue weighted by atomic mass is 10.2. The molecule has 0 saturated carbocycles. The van der Waals surface area contributed by atoms with Crippen molar-refractivity contribution in [2.45, 2.75) is 51.7 Å². The molecule has 158 valence electrons. The van der Waals surface area contributed by atoms with Crippen LogP contribution >= 0.6 is 0 Å². The molecule has 0 radical (unpaired) electrons. The van der Waals surface area contributed by atoms with Crippen molar-refractivity contribution in [2.75, 3.05) is 28.0 Å². The Morgan fingerprint density at radius 3 is 2.24 bits per heavy atom. The topological polar surface area (TPSA) is 83.6 Å². The molecule has 2 heterocycles. The standard InChI is InChI=1S/C21H30N4O3S/c1-15(2)29(26,27)24-19-7-5-18(6-8-19)11-22-20-9-10-21(23-12-20)25-13-16(3)28-17(4)14-25/h5-10,12,15-17,22,24H,11,13-14H2,1-4H3/t16-,17?/m1/s1. The number of ether oxygens (including phenoxy) is 1. The third kappa shape index (κ3) is 5.83. The molecule has 29 heavy (non-hydrogen) atoms. The van der Waals surface area contributed by atoms with Gasteiger partial charge in [-0.05, 0) is 57.5 Å². The largest absolute Gasteiger partial charge is 0.380 e. The fraction of sp³-hybridized carbons (Fsp3) is 0.476. The van der Waals surface area contributed by atoms with Crippen LogP contribution < -0.4 is 14.9 Å². The molecule has 1 fully saturated rings. The summed E-state index contributed by atoms with van der Waals surface area (Å²) in [4.78, 5) is 6.84. The molecule has 2 atom stereocenters. The Morgan fingerprint density at radius 2 is 1.69 bits per heavy atom. The average Bonchev–Trinajstić information content (AvgIpc) is 2.67. The highest BCUT2D eigenvalue weighted by atomic mass is 32.2. The van der Waals surface area contributed by atoms with Gasteiger partial charge in [-0.1, -0.05) is 12.1 Å². The molecule has 8 heteroatoms. The van der Waals surface area contributed by atoms with Crippen molar-refractivity contribution in [1.29, 1.82) is 0 Å². The van der Waals surface area contributed by atoms with Gasteiger partial charge in [0, 0.05) is 25.3 Å². The summed E-state index contributed by atoms with van der Waals surface area (Å²) in [7, 11) is -3.33. The van der Waals surface area contributed by atoms with Crippen LogP contribution in [0.5, 0.6) is 0 Å². The summed E-state index contributed by atoms with van der Waals surface area (Å²) in [5.74, 6) is 0.958. The number of nitrogens with zero attached hydrogens (tertiary/aromatic N) is 2. The van der Waals surface area contributed by atoms with Crippen LogP contribution in [0.1, 0.15) is 33.3 Å². The number of pyridine rings is 1. The smallest absolute Gasteiger partial charge is 0.235 e. The molecule has 1 unspecified atom stereocenters. The van der Waals surface area contributed by atoms with Crippen molar-refractivity contribution in [2.24, 2.45) is 0 Å². The minimum atomic E-state index is -3.33. The van der Waals surface area contributed by atoms with Crippen LogP contribution in [-0.4, -0.2) is 43.9 Å². The third-order valence-electron chi connectivity index (χ3n) is 4.82. The molecule has 2 N–H and O–H groups in total. The molecular formula is C21H30N4O3S. The maximum atomic E-state index is 11.9. The van der Waals surface area contributed by atoms with Crippen molar-refractivity contribution >= 4 is 27.2 Å². The number of hydrogen-bond acceptors (Lipinski definition) is 6. The van der Waals surface area contributed by atoms with Gasteiger partial charge in [0.1, 0.15) is 5.82 Å². The van der Waals surface area contributed by atoms with Crippen LogP contribution in [0.3, 0.4) is 0 Å². The summed E-state index contributed by atoms with van der Waals surface area (Å²) in [6.45, 7) is 9.79. The normalized spacial score (nSPS) is 20.0. The minimum Gasteiger partial charge on any atom is -0.380 e. The van der Waals surface area contributed by atoms with Gasteiger partial charge in [-0.15, -0.1) is 0 Å². The van der Waals surface area contributed by atoms with Gasteiger partial charge in [0.2, 0.25) is 10.0 Å². The highest BCUT2D eigenvalue weighted by Crippen LogP contribution is 2.20. The van der Waals surface area contributed by atoms with Gasteiger partial charge in [-0.3, -0.25) is 4.72 Å². The monoisotopic (exact) mass is 418 g/mol. The lowest BCUT2D eigenvalue weighted by Gasteiger charge is -2.36. The number of nitrogens with one attached hydrogen (secondary N) is 2. The van der Waals surface area contributed by atoms with E-state index < -0.39 is 15.3 Å². The first-order chi connectivity index (χ1) is 13.7. The minimum absolute atomic E-state index is 0.200. The van der Waals surface area contributed by atoms with Crippen molar-refractivity contribution in [1.82, 2.24) is 4.98 Å². The van der Waals surface area contributed by atoms with E-state index in [0.29, 0.717) is 12.2 Å². The van der Waals surface area contributed by atoms with E-state index in [4.69, 9.17) is 4.74 Å². The molecule has 1 aromatic heterocycles. The predicted molar refractivity (Wildman–Crippen MR) is 118 cm³/mol. The number of hydrogen-bond donors (Lipinski definition) is 2. The number of sulfonamides is 1. The molecule has 1 aliphatic heterocycles. The second-order valence-corrected chi connectivity index (χ2v) is 10.1. The molecule has 0 amide bonds. The highest BCUT2D eigenvalue weighted by molar-refractivity contribution is 7.93. The number of rotatable bonds is 7. The second-order valence-electron chi connectivity index (χ2n) is 7.81. The average molecular weight is 419 g/mol. The molecule has 1 saturated heterocycles. The van der Waals surface area contributed by atoms with Crippen molar-refractivity contribution < 1.29 is 13.2 Å². The molecule has 7 nitrogen and oxygen atoms in total. The third-order valence-corrected chi connectivity index (χ3v) is 6.58. The van der Waals surface area contributed by atoms with Crippen molar-refractivity contribution in [3.63, 3.8) is 0 Å². The molecule has 1 aliphatic rings. The number of anilines is 3. The molecule has 0 spiro atoms. The Kier molecular flexibility index (Phi) is 6.64. The Bertz CT molecular complexity index is 889. The zero-order valence-electron chi connectivity index (χ0n) is 17.4. The summed E-state index contributed by atoms with van der Waals surface area (Å²) < 4.78 is 32.2. The van der Waals surface area contributed by atoms with E-state index in [0.717, 1.165) is 30.2 Å². The first-order valence-corrected chi connectivity index (χ1v) is 11.5. The molecular weight excluding hydrogens is 388 g/mol. The molecule has 3 rings (SSSR count). The predicted octanol–water partition coefficient (Wildman–Crippen LogP) is 3.46. The van der Waals surface area contributed by atoms with E-state index in [2.05, 4.69) is 33.8 Å². The lowest BCUT2D eigenvalue weighted by Crippen LogP contribution is -2.45. The van der Waals surface area contributed by atoms with Gasteiger partial charge in [0.05, 0.1) is 29.3 Å². The number of benzene rings is 1. The Hall–Kier alpha value is -2.32. The SMILES string of the molecule is CC1CN(c2ccc(NCc3ccc(NS(=O)(=O)C(C)C)cc3)cn2)C[C@@H](C)O1. The molecule has 1 aromatic carbocycles. The zero-order chi connectivity index (χ0) is 21.0. The first kappa shape index (κ1) is 21.4. The van der Waals surface area contributed by atoms with E-state index in [1.54, 1.807) is 26.0 Å². The highest BCUT2D eigenvalue weighted by Gasteiger charge is 2.23. The van der Waals surface area contributed by atoms with E-state index >= 15 is 0 Å². The quantitative estimate of drug-likeness (QED) is 0.716. The Balaban J connectivity index is 1.55. The van der Waals surface area contributed by atoms with Gasteiger partial charge in [-0.25, -0.2) is 13.4 Å². The van der Waals surface area contributed by atoms with E-state index in [1.165, 1.54) is 0 Å². The van der Waals surface area contributed by atoms with Crippen LogP contribution in [0.2, 0.25) is 0 Å². The van der Waals surface area contributed by atoms with Crippen LogP contribution in [0.4, 0.5) is 17.2 Å². The first-order valence-electron chi connectivity index (χ1n) is 9.94. The summed E-state index contributed by atoms with van der Waals surface area (Å²) >= 11 is 0. The molecule has 0 bridgehead atoms. The zero-order valence-corrected chi connectivity index (χ0v) is 18.2. The fourth-order valence-corrected chi connectivity index (χ4v) is 3.92. The summed E-state index contributed by atoms with van der Waals surface area (Å²) in [5.41, 5.74) is 2.56. The van der Waals surface area contributed by atoms with Crippen LogP contribution in [-0.2, 0) is 21.3 Å². The van der Waals surface area contributed by atoms with Gasteiger partial charge in [-0.2, -0.15) is 0 Å². The van der Waals surface area contributed by atoms with Crippen LogP contribution in [0.25, 0.3) is 0 Å². The molecule has 2 aromatic rings. The maximum Gasteiger partial charge on any atom is 0.235 e. The molecule has 0 aliphatic carbocycles. The number of morpholine rings is 1. The van der Waals surface area contributed by atoms with Gasteiger partial charge < -0.3 is 15.0 Å².